The maximum Gasteiger partial charge on any atom is 0.350 e. The molecule has 5 nitrogen and oxygen atoms in total. The third-order valence-corrected chi connectivity index (χ3v) is 2.78. The molecular weight excluding hydrogens is 291 g/mol. The minimum atomic E-state index is -0.325. The second-order valence-corrected chi connectivity index (χ2v) is 4.40. The van der Waals surface area contributed by atoms with Crippen molar-refractivity contribution in [2.75, 3.05) is 6.54 Å². The summed E-state index contributed by atoms with van der Waals surface area (Å²) in [7, 11) is 0. The fourth-order valence-corrected chi connectivity index (χ4v) is 1.77. The second kappa shape index (κ2) is 4.80. The number of nitrogens with zero attached hydrogens (tertiary/aromatic N) is 3. The van der Waals surface area contributed by atoms with Crippen LogP contribution in [0, 0.1) is 0 Å². The van der Waals surface area contributed by atoms with Gasteiger partial charge in [0.2, 0.25) is 0 Å². The van der Waals surface area contributed by atoms with Gasteiger partial charge in [0.25, 0.3) is 0 Å². The lowest BCUT2D eigenvalue weighted by molar-refractivity contribution is 0.616. The highest BCUT2D eigenvalue weighted by molar-refractivity contribution is 9.10. The van der Waals surface area contributed by atoms with Gasteiger partial charge in [0.1, 0.15) is 0 Å². The largest absolute Gasteiger partial charge is 0.350 e. The first kappa shape index (κ1) is 12.0. The highest BCUT2D eigenvalue weighted by Crippen LogP contribution is 2.09. The van der Waals surface area contributed by atoms with Crippen molar-refractivity contribution in [2.24, 2.45) is 5.73 Å². The van der Waals surface area contributed by atoms with Gasteiger partial charge < -0.3 is 5.73 Å². The second-order valence-electron chi connectivity index (χ2n) is 3.49. The molecule has 2 N–H and O–H groups in total. The van der Waals surface area contributed by atoms with Gasteiger partial charge in [-0.1, -0.05) is 0 Å². The van der Waals surface area contributed by atoms with Crippen molar-refractivity contribution in [3.8, 4) is 0 Å². The first-order chi connectivity index (χ1) is 8.15. The Balaban J connectivity index is 2.50. The maximum atomic E-state index is 12.4. The Morgan fingerprint density at radius 2 is 2.35 bits per heavy atom. The molecule has 2 heterocycles. The van der Waals surface area contributed by atoms with E-state index in [-0.39, 0.29) is 18.8 Å². The zero-order valence-corrected chi connectivity index (χ0v) is 10.4. The molecule has 2 aromatic rings. The van der Waals surface area contributed by atoms with Crippen LogP contribution in [0.3, 0.4) is 0 Å². The topological polar surface area (TPSA) is 65.3 Å². The Morgan fingerprint density at radius 1 is 1.59 bits per heavy atom. The number of pyridine rings is 1. The fraction of sp³-hybridized carbons (Fsp3) is 0.200. The molecule has 0 amide bonds. The molecule has 0 aliphatic rings. The van der Waals surface area contributed by atoms with Gasteiger partial charge >= 0.3 is 5.69 Å². The minimum absolute atomic E-state index is 0.0561. The summed E-state index contributed by atoms with van der Waals surface area (Å²) in [4.78, 5) is 11.9. The zero-order valence-electron chi connectivity index (χ0n) is 8.81. The molecule has 2 rings (SSSR count). The lowest BCUT2D eigenvalue weighted by Gasteiger charge is -1.99. The molecule has 0 aliphatic carbocycles. The van der Waals surface area contributed by atoms with Gasteiger partial charge in [-0.2, -0.15) is 0 Å². The summed E-state index contributed by atoms with van der Waals surface area (Å²) in [6.45, 7) is 0.117. The van der Waals surface area contributed by atoms with E-state index in [0.29, 0.717) is 17.6 Å². The number of rotatable bonds is 3. The van der Waals surface area contributed by atoms with Gasteiger partial charge in [0.15, 0.2) is 5.65 Å². The first-order valence-electron chi connectivity index (χ1n) is 4.88. The summed E-state index contributed by atoms with van der Waals surface area (Å²) >= 11 is 3.27. The zero-order chi connectivity index (χ0) is 12.4. The normalized spacial score (nSPS) is 12.3. The minimum Gasteiger partial charge on any atom is -0.327 e. The van der Waals surface area contributed by atoms with Crippen LogP contribution >= 0.6 is 15.9 Å². The van der Waals surface area contributed by atoms with Crippen LogP contribution in [-0.4, -0.2) is 20.7 Å². The van der Waals surface area contributed by atoms with Crippen LogP contribution in [0.4, 0.5) is 4.39 Å². The van der Waals surface area contributed by atoms with E-state index in [1.54, 1.807) is 18.3 Å². The Labute approximate surface area is 104 Å². The molecule has 2 aromatic heterocycles. The molecule has 90 valence electrons. The van der Waals surface area contributed by atoms with E-state index in [4.69, 9.17) is 5.73 Å². The van der Waals surface area contributed by atoms with E-state index in [1.807, 2.05) is 0 Å². The number of hydrogen-bond donors (Lipinski definition) is 1. The average Bonchev–Trinajstić information content (AvgIpc) is 2.63. The molecule has 0 aliphatic heterocycles. The van der Waals surface area contributed by atoms with Crippen LogP contribution in [0.2, 0.25) is 0 Å². The highest BCUT2D eigenvalue weighted by atomic mass is 79.9. The summed E-state index contributed by atoms with van der Waals surface area (Å²) in [5.74, 6) is 0. The molecule has 0 fully saturated rings. The van der Waals surface area contributed by atoms with Crippen molar-refractivity contribution in [3.05, 3.63) is 45.2 Å². The molecule has 0 atom stereocenters. The summed E-state index contributed by atoms with van der Waals surface area (Å²) < 4.78 is 15.7. The van der Waals surface area contributed by atoms with Gasteiger partial charge in [0.05, 0.1) is 12.9 Å². The molecule has 0 radical (unpaired) electrons. The quantitative estimate of drug-likeness (QED) is 0.922. The van der Waals surface area contributed by atoms with E-state index < -0.39 is 0 Å². The van der Waals surface area contributed by atoms with E-state index >= 15 is 0 Å². The monoisotopic (exact) mass is 300 g/mol. The van der Waals surface area contributed by atoms with Crippen molar-refractivity contribution >= 4 is 21.6 Å². The van der Waals surface area contributed by atoms with Crippen LogP contribution < -0.4 is 11.4 Å². The highest BCUT2D eigenvalue weighted by Gasteiger charge is 2.08. The molecule has 0 unspecified atom stereocenters. The smallest absolute Gasteiger partial charge is 0.327 e. The fourth-order valence-electron chi connectivity index (χ4n) is 1.43. The number of fused-ring (bicyclic) bond motifs is 1. The average molecular weight is 301 g/mol. The van der Waals surface area contributed by atoms with Crippen LogP contribution in [0.15, 0.2) is 39.5 Å². The molecule has 17 heavy (non-hydrogen) atoms. The molecule has 0 aromatic carbocycles. The molecule has 7 heteroatoms. The van der Waals surface area contributed by atoms with E-state index in [0.717, 1.165) is 4.47 Å². The Hall–Kier alpha value is -1.47. The van der Waals surface area contributed by atoms with E-state index in [1.165, 1.54) is 9.08 Å². The Morgan fingerprint density at radius 3 is 3.00 bits per heavy atom. The molecule has 0 bridgehead atoms. The predicted octanol–water partition coefficient (Wildman–Crippen LogP) is 1.07. The van der Waals surface area contributed by atoms with Crippen LogP contribution in [-0.2, 0) is 6.54 Å². The Kier molecular flexibility index (Phi) is 3.39. The molecule has 0 saturated carbocycles. The van der Waals surface area contributed by atoms with Crippen molar-refractivity contribution < 1.29 is 4.39 Å². The van der Waals surface area contributed by atoms with Gasteiger partial charge in [-0.3, -0.25) is 0 Å². The van der Waals surface area contributed by atoms with Gasteiger partial charge in [-0.25, -0.2) is 18.3 Å². The maximum absolute atomic E-state index is 12.4. The molecule has 0 spiro atoms. The standard InChI is InChI=1S/C10H10BrFN4O/c11-8-1-2-9-14-16(5-7(3-12)4-13)10(17)15(9)6-8/h1-3,6H,4-5,13H2/b7-3+. The summed E-state index contributed by atoms with van der Waals surface area (Å²) in [5, 5.41) is 4.07. The first-order valence-corrected chi connectivity index (χ1v) is 5.68. The Bertz CT molecular complexity index is 631. The summed E-state index contributed by atoms with van der Waals surface area (Å²) in [5.41, 5.74) is 5.83. The van der Waals surface area contributed by atoms with Crippen LogP contribution in [0.1, 0.15) is 0 Å². The van der Waals surface area contributed by atoms with Crippen molar-refractivity contribution in [3.63, 3.8) is 0 Å². The molecular formula is C10H10BrFN4O. The summed E-state index contributed by atoms with van der Waals surface area (Å²) in [6, 6.07) is 3.48. The lowest BCUT2D eigenvalue weighted by Crippen LogP contribution is -2.23. The van der Waals surface area contributed by atoms with E-state index in [2.05, 4.69) is 21.0 Å². The van der Waals surface area contributed by atoms with Crippen molar-refractivity contribution in [1.29, 1.82) is 0 Å². The molecule has 0 saturated heterocycles. The third-order valence-electron chi connectivity index (χ3n) is 2.31. The lowest BCUT2D eigenvalue weighted by atomic mass is 10.3. The van der Waals surface area contributed by atoms with Crippen molar-refractivity contribution in [2.45, 2.75) is 6.54 Å². The predicted molar refractivity (Wildman–Crippen MR) is 65.4 cm³/mol. The van der Waals surface area contributed by atoms with Crippen LogP contribution in [0.25, 0.3) is 5.65 Å². The number of nitrogens with two attached hydrogens (primary N) is 1. The van der Waals surface area contributed by atoms with Gasteiger partial charge in [0, 0.05) is 17.2 Å². The number of halogens is 2. The van der Waals surface area contributed by atoms with E-state index in [9.17, 15) is 9.18 Å². The van der Waals surface area contributed by atoms with Gasteiger partial charge in [-0.05, 0) is 33.6 Å². The SMILES string of the molecule is NC/C(=C\F)Cn1nc2ccc(Br)cn2c1=O. The number of hydrogen-bond acceptors (Lipinski definition) is 3. The van der Waals surface area contributed by atoms with Crippen molar-refractivity contribution in [1.82, 2.24) is 14.2 Å². The van der Waals surface area contributed by atoms with Crippen LogP contribution in [0.5, 0.6) is 0 Å². The van der Waals surface area contributed by atoms with Gasteiger partial charge in [-0.15, -0.1) is 5.10 Å². The summed E-state index contributed by atoms with van der Waals surface area (Å²) in [6.07, 6.45) is 2.02. The number of aromatic nitrogens is 3. The third kappa shape index (κ3) is 2.29.